The van der Waals surface area contributed by atoms with Crippen LogP contribution < -0.4 is 10.1 Å². The molecule has 0 aliphatic carbocycles. The second kappa shape index (κ2) is 7.04. The van der Waals surface area contributed by atoms with Gasteiger partial charge >= 0.3 is 0 Å². The first kappa shape index (κ1) is 18.6. The van der Waals surface area contributed by atoms with Gasteiger partial charge in [-0.3, -0.25) is 4.79 Å². The van der Waals surface area contributed by atoms with E-state index in [0.29, 0.717) is 24.6 Å². The SMILES string of the molecule is Cc1c(C)c2c(c(C)c1O)CCC(C)(C(=O)NCCCC(C)C)O2. The van der Waals surface area contributed by atoms with Crippen molar-refractivity contribution < 1.29 is 14.6 Å². The monoisotopic (exact) mass is 333 g/mol. The molecule has 0 radical (unpaired) electrons. The number of nitrogens with one attached hydrogen (secondary N) is 1. The number of carbonyl (C=O) groups excluding carboxylic acids is 1. The number of benzene rings is 1. The molecule has 1 heterocycles. The van der Waals surface area contributed by atoms with Crippen molar-refractivity contribution in [3.63, 3.8) is 0 Å². The summed E-state index contributed by atoms with van der Waals surface area (Å²) in [6, 6.07) is 0. The van der Waals surface area contributed by atoms with Gasteiger partial charge < -0.3 is 15.2 Å². The Labute approximate surface area is 145 Å². The summed E-state index contributed by atoms with van der Waals surface area (Å²) in [5.74, 6) is 1.72. The Kier molecular flexibility index (Phi) is 5.46. The highest BCUT2D eigenvalue weighted by molar-refractivity contribution is 5.85. The number of fused-ring (bicyclic) bond motifs is 1. The van der Waals surface area contributed by atoms with E-state index < -0.39 is 5.60 Å². The molecule has 1 aromatic carbocycles. The molecule has 0 fully saturated rings. The zero-order chi connectivity index (χ0) is 18.1. The van der Waals surface area contributed by atoms with Crippen LogP contribution in [-0.4, -0.2) is 23.2 Å². The molecule has 24 heavy (non-hydrogen) atoms. The van der Waals surface area contributed by atoms with E-state index in [-0.39, 0.29) is 5.91 Å². The molecule has 2 rings (SSSR count). The fourth-order valence-electron chi connectivity index (χ4n) is 3.31. The van der Waals surface area contributed by atoms with Crippen molar-refractivity contribution in [2.75, 3.05) is 6.54 Å². The van der Waals surface area contributed by atoms with E-state index in [1.807, 2.05) is 27.7 Å². The van der Waals surface area contributed by atoms with Crippen LogP contribution in [0, 0.1) is 26.7 Å². The number of amides is 1. The van der Waals surface area contributed by atoms with Crippen molar-refractivity contribution in [1.29, 1.82) is 0 Å². The van der Waals surface area contributed by atoms with Gasteiger partial charge in [0.15, 0.2) is 5.60 Å². The largest absolute Gasteiger partial charge is 0.507 e. The van der Waals surface area contributed by atoms with Gasteiger partial charge in [0.2, 0.25) is 0 Å². The zero-order valence-corrected chi connectivity index (χ0v) is 15.9. The standard InChI is InChI=1S/C20H31NO3/c1-12(2)8-7-11-21-19(23)20(6)10-9-16-15(5)17(22)13(3)14(4)18(16)24-20/h12,22H,7-11H2,1-6H3,(H,21,23). The van der Waals surface area contributed by atoms with E-state index >= 15 is 0 Å². The summed E-state index contributed by atoms with van der Waals surface area (Å²) >= 11 is 0. The summed E-state index contributed by atoms with van der Waals surface area (Å²) in [4.78, 5) is 12.6. The van der Waals surface area contributed by atoms with Crippen LogP contribution in [0.4, 0.5) is 0 Å². The Hall–Kier alpha value is -1.71. The Bertz CT molecular complexity index is 637. The molecule has 0 saturated carbocycles. The minimum Gasteiger partial charge on any atom is -0.507 e. The third-order valence-electron chi connectivity index (χ3n) is 5.24. The van der Waals surface area contributed by atoms with Crippen LogP contribution in [0.25, 0.3) is 0 Å². The molecule has 1 aromatic rings. The van der Waals surface area contributed by atoms with Crippen LogP contribution in [0.15, 0.2) is 0 Å². The second-order valence-electron chi connectivity index (χ2n) is 7.66. The minimum atomic E-state index is -0.842. The van der Waals surface area contributed by atoms with Gasteiger partial charge in [0.05, 0.1) is 0 Å². The molecule has 134 valence electrons. The summed E-state index contributed by atoms with van der Waals surface area (Å²) in [7, 11) is 0. The summed E-state index contributed by atoms with van der Waals surface area (Å²) in [5, 5.41) is 13.3. The van der Waals surface area contributed by atoms with Gasteiger partial charge in [-0.1, -0.05) is 13.8 Å². The second-order valence-corrected chi connectivity index (χ2v) is 7.66. The quantitative estimate of drug-likeness (QED) is 0.802. The van der Waals surface area contributed by atoms with Gasteiger partial charge in [-0.25, -0.2) is 0 Å². The minimum absolute atomic E-state index is 0.0420. The lowest BCUT2D eigenvalue weighted by Crippen LogP contribution is -2.51. The van der Waals surface area contributed by atoms with Crippen molar-refractivity contribution in [2.24, 2.45) is 5.92 Å². The number of phenolic OH excluding ortho intramolecular Hbond substituents is 1. The first-order valence-electron chi connectivity index (χ1n) is 8.96. The van der Waals surface area contributed by atoms with Crippen molar-refractivity contribution >= 4 is 5.91 Å². The first-order chi connectivity index (χ1) is 11.2. The van der Waals surface area contributed by atoms with E-state index in [1.165, 1.54) is 0 Å². The van der Waals surface area contributed by atoms with Crippen LogP contribution in [-0.2, 0) is 11.2 Å². The number of phenols is 1. The van der Waals surface area contributed by atoms with E-state index in [1.54, 1.807) is 0 Å². The molecular weight excluding hydrogens is 302 g/mol. The maximum atomic E-state index is 12.6. The molecule has 4 nitrogen and oxygen atoms in total. The fraction of sp³-hybridized carbons (Fsp3) is 0.650. The van der Waals surface area contributed by atoms with E-state index in [0.717, 1.165) is 47.3 Å². The van der Waals surface area contributed by atoms with Gasteiger partial charge in [-0.2, -0.15) is 0 Å². The number of rotatable bonds is 5. The molecule has 1 unspecified atom stereocenters. The molecule has 4 heteroatoms. The lowest BCUT2D eigenvalue weighted by Gasteiger charge is -2.36. The third kappa shape index (κ3) is 3.52. The average molecular weight is 333 g/mol. The van der Waals surface area contributed by atoms with Gasteiger partial charge in [-0.15, -0.1) is 0 Å². The fourth-order valence-corrected chi connectivity index (χ4v) is 3.31. The number of hydrogen-bond acceptors (Lipinski definition) is 3. The summed E-state index contributed by atoms with van der Waals surface area (Å²) < 4.78 is 6.18. The normalized spacial score (nSPS) is 19.8. The Morgan fingerprint density at radius 3 is 2.54 bits per heavy atom. The molecule has 1 atom stereocenters. The molecule has 1 aliphatic rings. The van der Waals surface area contributed by atoms with Crippen molar-refractivity contribution in [2.45, 2.75) is 72.8 Å². The highest BCUT2D eigenvalue weighted by atomic mass is 16.5. The molecule has 0 saturated heterocycles. The number of aromatic hydroxyl groups is 1. The highest BCUT2D eigenvalue weighted by Gasteiger charge is 2.40. The zero-order valence-electron chi connectivity index (χ0n) is 15.9. The Morgan fingerprint density at radius 1 is 1.25 bits per heavy atom. The maximum Gasteiger partial charge on any atom is 0.263 e. The third-order valence-corrected chi connectivity index (χ3v) is 5.24. The molecule has 0 aromatic heterocycles. The molecule has 1 amide bonds. The topological polar surface area (TPSA) is 58.6 Å². The molecule has 1 aliphatic heterocycles. The highest BCUT2D eigenvalue weighted by Crippen LogP contribution is 2.43. The Morgan fingerprint density at radius 2 is 1.92 bits per heavy atom. The molecular formula is C20H31NO3. The number of hydrogen-bond donors (Lipinski definition) is 2. The van der Waals surface area contributed by atoms with Crippen LogP contribution in [0.2, 0.25) is 0 Å². The Balaban J connectivity index is 2.14. The van der Waals surface area contributed by atoms with E-state index in [2.05, 4.69) is 19.2 Å². The molecule has 0 spiro atoms. The van der Waals surface area contributed by atoms with Crippen LogP contribution in [0.1, 0.15) is 62.3 Å². The van der Waals surface area contributed by atoms with Crippen molar-refractivity contribution in [3.8, 4) is 11.5 Å². The molecule has 2 N–H and O–H groups in total. The van der Waals surface area contributed by atoms with Crippen molar-refractivity contribution in [3.05, 3.63) is 22.3 Å². The summed E-state index contributed by atoms with van der Waals surface area (Å²) in [6.07, 6.45) is 3.46. The summed E-state index contributed by atoms with van der Waals surface area (Å²) in [5.41, 5.74) is 2.80. The van der Waals surface area contributed by atoms with E-state index in [4.69, 9.17) is 4.74 Å². The maximum absolute atomic E-state index is 12.6. The van der Waals surface area contributed by atoms with Crippen LogP contribution in [0.3, 0.4) is 0 Å². The summed E-state index contributed by atoms with van der Waals surface area (Å²) in [6.45, 7) is 12.7. The van der Waals surface area contributed by atoms with Crippen LogP contribution >= 0.6 is 0 Å². The molecule has 0 bridgehead atoms. The number of ether oxygens (including phenoxy) is 1. The predicted molar refractivity (Wildman–Crippen MR) is 96.8 cm³/mol. The van der Waals surface area contributed by atoms with E-state index in [9.17, 15) is 9.90 Å². The predicted octanol–water partition coefficient (Wildman–Crippen LogP) is 3.95. The number of carbonyl (C=O) groups is 1. The lowest BCUT2D eigenvalue weighted by atomic mass is 9.86. The lowest BCUT2D eigenvalue weighted by molar-refractivity contribution is -0.136. The van der Waals surface area contributed by atoms with Gasteiger partial charge in [-0.05, 0) is 69.6 Å². The van der Waals surface area contributed by atoms with Crippen LogP contribution in [0.5, 0.6) is 11.5 Å². The van der Waals surface area contributed by atoms with Gasteiger partial charge in [0.25, 0.3) is 5.91 Å². The van der Waals surface area contributed by atoms with Crippen molar-refractivity contribution in [1.82, 2.24) is 5.32 Å². The van der Waals surface area contributed by atoms with Gasteiger partial charge in [0, 0.05) is 18.5 Å². The van der Waals surface area contributed by atoms with Gasteiger partial charge in [0.1, 0.15) is 11.5 Å². The average Bonchev–Trinajstić information content (AvgIpc) is 2.54. The first-order valence-corrected chi connectivity index (χ1v) is 8.96. The smallest absolute Gasteiger partial charge is 0.263 e.